The first-order valence-corrected chi connectivity index (χ1v) is 6.59. The van der Waals surface area contributed by atoms with Gasteiger partial charge in [0.2, 0.25) is 0 Å². The number of hydrogen-bond acceptors (Lipinski definition) is 3. The Morgan fingerprint density at radius 3 is 2.74 bits per heavy atom. The fourth-order valence-electron chi connectivity index (χ4n) is 2.08. The number of benzene rings is 1. The van der Waals surface area contributed by atoms with Crippen LogP contribution in [0, 0.1) is 11.3 Å². The van der Waals surface area contributed by atoms with Crippen LogP contribution in [0.2, 0.25) is 5.02 Å². The van der Waals surface area contributed by atoms with Gasteiger partial charge in [-0.1, -0.05) is 11.6 Å². The Kier molecular flexibility index (Phi) is 3.14. The molecule has 0 radical (unpaired) electrons. The first-order chi connectivity index (χ1) is 9.28. The zero-order valence-corrected chi connectivity index (χ0v) is 11.0. The molecule has 0 bridgehead atoms. The SMILES string of the molecule is N#CC(Nc1ccc(Cl)cc1)c1cncn1C1CC1. The van der Waals surface area contributed by atoms with Gasteiger partial charge in [0.1, 0.15) is 0 Å². The molecular weight excluding hydrogens is 260 g/mol. The molecule has 1 aliphatic rings. The molecule has 0 amide bonds. The van der Waals surface area contributed by atoms with Gasteiger partial charge in [0.25, 0.3) is 0 Å². The minimum absolute atomic E-state index is 0.399. The molecule has 0 spiro atoms. The minimum atomic E-state index is -0.399. The highest BCUT2D eigenvalue weighted by atomic mass is 35.5. The number of nitrogens with one attached hydrogen (secondary N) is 1. The predicted molar refractivity (Wildman–Crippen MR) is 73.9 cm³/mol. The summed E-state index contributed by atoms with van der Waals surface area (Å²) in [5, 5.41) is 13.2. The third-order valence-corrected chi connectivity index (χ3v) is 3.47. The average Bonchev–Trinajstić information content (AvgIpc) is 3.16. The molecule has 1 heterocycles. The van der Waals surface area contributed by atoms with Crippen molar-refractivity contribution in [2.45, 2.75) is 24.9 Å². The molecule has 1 N–H and O–H groups in total. The fourth-order valence-corrected chi connectivity index (χ4v) is 2.21. The highest BCUT2D eigenvalue weighted by Crippen LogP contribution is 2.37. The zero-order valence-electron chi connectivity index (χ0n) is 10.3. The molecule has 2 aromatic rings. The van der Waals surface area contributed by atoms with Crippen LogP contribution in [-0.4, -0.2) is 9.55 Å². The van der Waals surface area contributed by atoms with Gasteiger partial charge in [0.05, 0.1) is 24.3 Å². The topological polar surface area (TPSA) is 53.6 Å². The van der Waals surface area contributed by atoms with Crippen LogP contribution in [0.3, 0.4) is 0 Å². The van der Waals surface area contributed by atoms with E-state index in [1.165, 1.54) is 12.8 Å². The number of rotatable bonds is 4. The van der Waals surface area contributed by atoms with Crippen LogP contribution in [-0.2, 0) is 0 Å². The Balaban J connectivity index is 1.82. The second-order valence-corrected chi connectivity index (χ2v) is 5.11. The summed E-state index contributed by atoms with van der Waals surface area (Å²) in [7, 11) is 0. The van der Waals surface area contributed by atoms with Crippen LogP contribution >= 0.6 is 11.6 Å². The maximum absolute atomic E-state index is 9.36. The van der Waals surface area contributed by atoms with Crippen molar-refractivity contribution in [2.75, 3.05) is 5.32 Å². The third kappa shape index (κ3) is 2.56. The highest BCUT2D eigenvalue weighted by Gasteiger charge is 2.27. The van der Waals surface area contributed by atoms with Crippen molar-refractivity contribution in [3.63, 3.8) is 0 Å². The Bertz CT molecular complexity index is 607. The lowest BCUT2D eigenvalue weighted by atomic mass is 10.2. The summed E-state index contributed by atoms with van der Waals surface area (Å²) in [6.45, 7) is 0. The van der Waals surface area contributed by atoms with Crippen molar-refractivity contribution in [3.8, 4) is 6.07 Å². The molecular formula is C14H13ClN4. The van der Waals surface area contributed by atoms with E-state index in [-0.39, 0.29) is 0 Å². The highest BCUT2D eigenvalue weighted by molar-refractivity contribution is 6.30. The van der Waals surface area contributed by atoms with Gasteiger partial charge >= 0.3 is 0 Å². The fraction of sp³-hybridized carbons (Fsp3) is 0.286. The van der Waals surface area contributed by atoms with Gasteiger partial charge in [-0.25, -0.2) is 4.98 Å². The molecule has 1 unspecified atom stereocenters. The lowest BCUT2D eigenvalue weighted by Gasteiger charge is -2.15. The normalized spacial score (nSPS) is 15.8. The van der Waals surface area contributed by atoms with Gasteiger partial charge in [0, 0.05) is 16.8 Å². The molecule has 1 fully saturated rings. The number of imidazole rings is 1. The zero-order chi connectivity index (χ0) is 13.2. The summed E-state index contributed by atoms with van der Waals surface area (Å²) >= 11 is 5.85. The van der Waals surface area contributed by atoms with Gasteiger partial charge in [0.15, 0.2) is 6.04 Å². The third-order valence-electron chi connectivity index (χ3n) is 3.22. The van der Waals surface area contributed by atoms with Crippen LogP contribution in [0.4, 0.5) is 5.69 Å². The predicted octanol–water partition coefficient (Wildman–Crippen LogP) is 3.55. The maximum Gasteiger partial charge on any atom is 0.156 e. The van der Waals surface area contributed by atoms with E-state index in [0.29, 0.717) is 11.1 Å². The van der Waals surface area contributed by atoms with Crippen LogP contribution < -0.4 is 5.32 Å². The molecule has 19 heavy (non-hydrogen) atoms. The number of nitrogens with zero attached hydrogens (tertiary/aromatic N) is 3. The van der Waals surface area contributed by atoms with Crippen molar-refractivity contribution >= 4 is 17.3 Å². The molecule has 1 aromatic heterocycles. The van der Waals surface area contributed by atoms with Crippen molar-refractivity contribution in [2.24, 2.45) is 0 Å². The Morgan fingerprint density at radius 2 is 2.11 bits per heavy atom. The second-order valence-electron chi connectivity index (χ2n) is 4.67. The molecule has 96 valence electrons. The summed E-state index contributed by atoms with van der Waals surface area (Å²) in [4.78, 5) is 4.16. The van der Waals surface area contributed by atoms with E-state index in [1.807, 2.05) is 12.1 Å². The van der Waals surface area contributed by atoms with Crippen molar-refractivity contribution in [1.82, 2.24) is 9.55 Å². The Hall–Kier alpha value is -1.99. The quantitative estimate of drug-likeness (QED) is 0.926. The smallest absolute Gasteiger partial charge is 0.156 e. The van der Waals surface area contributed by atoms with E-state index in [9.17, 15) is 5.26 Å². The summed E-state index contributed by atoms with van der Waals surface area (Å²) in [5.74, 6) is 0. The van der Waals surface area contributed by atoms with Crippen molar-refractivity contribution in [1.29, 1.82) is 5.26 Å². The summed E-state index contributed by atoms with van der Waals surface area (Å²) < 4.78 is 2.09. The summed E-state index contributed by atoms with van der Waals surface area (Å²) in [5.41, 5.74) is 1.79. The molecule has 1 aliphatic carbocycles. The average molecular weight is 273 g/mol. The standard InChI is InChI=1S/C14H13ClN4/c15-10-1-3-11(4-2-10)18-13(7-16)14-8-17-9-19(14)12-5-6-12/h1-4,8-9,12-13,18H,5-6H2. The molecule has 0 saturated heterocycles. The van der Waals surface area contributed by atoms with Crippen LogP contribution in [0.5, 0.6) is 0 Å². The van der Waals surface area contributed by atoms with E-state index in [4.69, 9.17) is 11.6 Å². The van der Waals surface area contributed by atoms with Gasteiger partial charge in [-0.05, 0) is 37.1 Å². The Labute approximate surface area is 116 Å². The van der Waals surface area contributed by atoms with E-state index in [0.717, 1.165) is 11.4 Å². The molecule has 5 heteroatoms. The molecule has 0 aliphatic heterocycles. The minimum Gasteiger partial charge on any atom is -0.365 e. The molecule has 4 nitrogen and oxygen atoms in total. The van der Waals surface area contributed by atoms with Gasteiger partial charge in [-0.2, -0.15) is 5.26 Å². The van der Waals surface area contributed by atoms with E-state index < -0.39 is 6.04 Å². The van der Waals surface area contributed by atoms with Crippen LogP contribution in [0.15, 0.2) is 36.8 Å². The molecule has 1 aromatic carbocycles. The first kappa shape index (κ1) is 12.1. The lowest BCUT2D eigenvalue weighted by Crippen LogP contribution is -2.13. The molecule has 1 saturated carbocycles. The monoisotopic (exact) mass is 272 g/mol. The maximum atomic E-state index is 9.36. The second kappa shape index (κ2) is 4.94. The first-order valence-electron chi connectivity index (χ1n) is 6.21. The van der Waals surface area contributed by atoms with Crippen LogP contribution in [0.25, 0.3) is 0 Å². The number of anilines is 1. The Morgan fingerprint density at radius 1 is 1.37 bits per heavy atom. The number of nitriles is 1. The molecule has 1 atom stereocenters. The van der Waals surface area contributed by atoms with Gasteiger partial charge < -0.3 is 9.88 Å². The number of hydrogen-bond donors (Lipinski definition) is 1. The van der Waals surface area contributed by atoms with E-state index in [2.05, 4.69) is 20.9 Å². The van der Waals surface area contributed by atoms with Gasteiger partial charge in [-0.3, -0.25) is 0 Å². The van der Waals surface area contributed by atoms with Crippen molar-refractivity contribution in [3.05, 3.63) is 47.5 Å². The van der Waals surface area contributed by atoms with Gasteiger partial charge in [-0.15, -0.1) is 0 Å². The van der Waals surface area contributed by atoms with Crippen molar-refractivity contribution < 1.29 is 0 Å². The lowest BCUT2D eigenvalue weighted by molar-refractivity contribution is 0.684. The molecule has 3 rings (SSSR count). The van der Waals surface area contributed by atoms with E-state index >= 15 is 0 Å². The van der Waals surface area contributed by atoms with Crippen LogP contribution in [0.1, 0.15) is 30.6 Å². The largest absolute Gasteiger partial charge is 0.365 e. The number of halogens is 1. The number of aromatic nitrogens is 2. The summed E-state index contributed by atoms with van der Waals surface area (Å²) in [6, 6.07) is 9.74. The summed E-state index contributed by atoms with van der Waals surface area (Å²) in [6.07, 6.45) is 5.90. The van der Waals surface area contributed by atoms with E-state index in [1.54, 1.807) is 24.7 Å².